The fraction of sp³-hybridized carbons (Fsp3) is 0.524. The van der Waals surface area contributed by atoms with Gasteiger partial charge in [-0.05, 0) is 37.3 Å². The van der Waals surface area contributed by atoms with Gasteiger partial charge in [0.1, 0.15) is 6.04 Å². The van der Waals surface area contributed by atoms with Crippen LogP contribution in [0.3, 0.4) is 0 Å². The smallest absolute Gasteiger partial charge is 0.242 e. The number of ether oxygens (including phenoxy) is 2. The Morgan fingerprint density at radius 2 is 1.75 bits per heavy atom. The monoisotopic (exact) mass is 387 g/mol. The van der Waals surface area contributed by atoms with Gasteiger partial charge in [-0.25, -0.2) is 0 Å². The van der Waals surface area contributed by atoms with E-state index >= 15 is 0 Å². The molecule has 1 aromatic carbocycles. The van der Waals surface area contributed by atoms with Crippen molar-refractivity contribution in [2.75, 3.05) is 14.2 Å². The van der Waals surface area contributed by atoms with Crippen LogP contribution >= 0.6 is 0 Å². The third-order valence-corrected chi connectivity index (χ3v) is 5.19. The van der Waals surface area contributed by atoms with Crippen molar-refractivity contribution in [2.45, 2.75) is 52.1 Å². The molecule has 1 aliphatic rings. The second-order valence-corrected chi connectivity index (χ2v) is 7.75. The second-order valence-electron chi connectivity index (χ2n) is 7.75. The van der Waals surface area contributed by atoms with Crippen molar-refractivity contribution in [2.24, 2.45) is 5.92 Å². The van der Waals surface area contributed by atoms with E-state index in [1.807, 2.05) is 12.1 Å². The van der Waals surface area contributed by atoms with E-state index in [0.717, 1.165) is 28.6 Å². The summed E-state index contributed by atoms with van der Waals surface area (Å²) in [5.41, 5.74) is 2.89. The van der Waals surface area contributed by atoms with Crippen LogP contribution in [0.25, 0.3) is 10.9 Å². The summed E-state index contributed by atoms with van der Waals surface area (Å²) in [5.74, 6) is 1.35. The number of aromatic nitrogens is 1. The van der Waals surface area contributed by atoms with E-state index in [1.165, 1.54) is 0 Å². The standard InChI is InChI=1S/C21H29N3O4/c1-11(2)8-16-20-13(6-7-19(25)22-12(3)21(26)24-16)14-9-17(27-4)18(28-5)10-15(14)23-20/h9-12,16,23H,6-8H2,1-5H3,(H,22,25)(H,24,26)/t12-,16-/m0/s1. The van der Waals surface area contributed by atoms with E-state index in [4.69, 9.17) is 9.47 Å². The Bertz CT molecular complexity index is 887. The van der Waals surface area contributed by atoms with Crippen molar-refractivity contribution in [3.63, 3.8) is 0 Å². The minimum Gasteiger partial charge on any atom is -0.493 e. The van der Waals surface area contributed by atoms with E-state index in [1.54, 1.807) is 21.1 Å². The van der Waals surface area contributed by atoms with Crippen LogP contribution in [0.5, 0.6) is 11.5 Å². The van der Waals surface area contributed by atoms with Crippen molar-refractivity contribution in [3.05, 3.63) is 23.4 Å². The van der Waals surface area contributed by atoms with E-state index in [9.17, 15) is 9.59 Å². The van der Waals surface area contributed by atoms with E-state index in [0.29, 0.717) is 30.3 Å². The summed E-state index contributed by atoms with van der Waals surface area (Å²) >= 11 is 0. The lowest BCUT2D eigenvalue weighted by Crippen LogP contribution is -2.46. The van der Waals surface area contributed by atoms with Gasteiger partial charge in [0.15, 0.2) is 11.5 Å². The average molecular weight is 387 g/mol. The largest absolute Gasteiger partial charge is 0.493 e. The number of rotatable bonds is 4. The number of nitrogens with one attached hydrogen (secondary N) is 3. The Balaban J connectivity index is 2.18. The number of H-pyrrole nitrogens is 1. The lowest BCUT2D eigenvalue weighted by molar-refractivity contribution is -0.129. The summed E-state index contributed by atoms with van der Waals surface area (Å²) in [5, 5.41) is 6.88. The van der Waals surface area contributed by atoms with E-state index in [-0.39, 0.29) is 17.9 Å². The molecule has 2 aromatic rings. The van der Waals surface area contributed by atoms with Crippen LogP contribution in [0.4, 0.5) is 0 Å². The number of carbonyl (C=O) groups is 2. The molecule has 0 fully saturated rings. The summed E-state index contributed by atoms with van der Waals surface area (Å²) in [7, 11) is 3.20. The van der Waals surface area contributed by atoms with Gasteiger partial charge in [-0.3, -0.25) is 9.59 Å². The summed E-state index contributed by atoms with van der Waals surface area (Å²) in [6.45, 7) is 5.97. The molecule has 152 valence electrons. The van der Waals surface area contributed by atoms with Crippen molar-refractivity contribution >= 4 is 22.7 Å². The van der Waals surface area contributed by atoms with Gasteiger partial charge in [0.25, 0.3) is 0 Å². The van der Waals surface area contributed by atoms with Crippen molar-refractivity contribution < 1.29 is 19.1 Å². The molecule has 0 spiro atoms. The van der Waals surface area contributed by atoms with Crippen molar-refractivity contribution in [1.29, 1.82) is 0 Å². The Kier molecular flexibility index (Phi) is 5.82. The molecule has 7 nitrogen and oxygen atoms in total. The van der Waals surface area contributed by atoms with Gasteiger partial charge in [0.05, 0.1) is 20.3 Å². The number of hydrogen-bond donors (Lipinski definition) is 3. The first-order valence-electron chi connectivity index (χ1n) is 9.70. The highest BCUT2D eigenvalue weighted by Gasteiger charge is 2.28. The van der Waals surface area contributed by atoms with Crippen LogP contribution < -0.4 is 20.1 Å². The Labute approximate surface area is 165 Å². The Hall–Kier alpha value is -2.70. The molecule has 28 heavy (non-hydrogen) atoms. The summed E-state index contributed by atoms with van der Waals surface area (Å²) in [4.78, 5) is 28.4. The molecule has 2 amide bonds. The molecule has 0 saturated heterocycles. The zero-order valence-corrected chi connectivity index (χ0v) is 17.1. The van der Waals surface area contributed by atoms with Crippen molar-refractivity contribution in [1.82, 2.24) is 15.6 Å². The van der Waals surface area contributed by atoms with Gasteiger partial charge in [-0.2, -0.15) is 0 Å². The number of amides is 2. The molecule has 0 unspecified atom stereocenters. The van der Waals surface area contributed by atoms with Crippen LogP contribution in [0.2, 0.25) is 0 Å². The van der Waals surface area contributed by atoms with Gasteiger partial charge >= 0.3 is 0 Å². The fourth-order valence-electron chi connectivity index (χ4n) is 3.80. The molecule has 0 bridgehead atoms. The third kappa shape index (κ3) is 3.93. The zero-order chi connectivity index (χ0) is 20.4. The van der Waals surface area contributed by atoms with Crippen molar-refractivity contribution in [3.8, 4) is 11.5 Å². The predicted octanol–water partition coefficient (Wildman–Crippen LogP) is 2.84. The first kappa shape index (κ1) is 20.0. The Morgan fingerprint density at radius 3 is 2.39 bits per heavy atom. The van der Waals surface area contributed by atoms with Crippen LogP contribution in [-0.2, 0) is 16.0 Å². The minimum absolute atomic E-state index is 0.134. The SMILES string of the molecule is COc1cc2[nH]c3c(c2cc1OC)CCC(=O)N[C@@H](C)C(=O)N[C@H]3CC(C)C. The number of fused-ring (bicyclic) bond motifs is 3. The highest BCUT2D eigenvalue weighted by molar-refractivity contribution is 5.91. The Morgan fingerprint density at radius 1 is 1.07 bits per heavy atom. The van der Waals surface area contributed by atoms with Crippen LogP contribution in [-0.4, -0.2) is 37.1 Å². The second kappa shape index (κ2) is 8.12. The molecule has 0 saturated carbocycles. The summed E-state index contributed by atoms with van der Waals surface area (Å²) in [6.07, 6.45) is 1.69. The van der Waals surface area contributed by atoms with Gasteiger partial charge in [0.2, 0.25) is 11.8 Å². The highest BCUT2D eigenvalue weighted by atomic mass is 16.5. The molecule has 0 aliphatic carbocycles. The average Bonchev–Trinajstić information content (AvgIpc) is 3.00. The molecule has 0 radical (unpaired) electrons. The predicted molar refractivity (Wildman–Crippen MR) is 108 cm³/mol. The number of carbonyl (C=O) groups excluding carboxylic acids is 2. The molecule has 7 heteroatoms. The molecular formula is C21H29N3O4. The quantitative estimate of drug-likeness (QED) is 0.752. The highest BCUT2D eigenvalue weighted by Crippen LogP contribution is 2.38. The van der Waals surface area contributed by atoms with Gasteiger partial charge in [-0.1, -0.05) is 13.8 Å². The topological polar surface area (TPSA) is 92.5 Å². The minimum atomic E-state index is -0.562. The first-order valence-corrected chi connectivity index (χ1v) is 9.70. The van der Waals surface area contributed by atoms with E-state index < -0.39 is 6.04 Å². The maximum absolute atomic E-state index is 12.6. The maximum atomic E-state index is 12.6. The van der Waals surface area contributed by atoms with Crippen LogP contribution in [0.1, 0.15) is 50.9 Å². The summed E-state index contributed by atoms with van der Waals surface area (Å²) in [6, 6.07) is 3.11. The zero-order valence-electron chi connectivity index (χ0n) is 17.1. The van der Waals surface area contributed by atoms with Gasteiger partial charge in [-0.15, -0.1) is 0 Å². The molecule has 1 aromatic heterocycles. The summed E-state index contributed by atoms with van der Waals surface area (Å²) < 4.78 is 10.9. The number of benzene rings is 1. The molecule has 2 heterocycles. The van der Waals surface area contributed by atoms with Crippen LogP contribution in [0, 0.1) is 5.92 Å². The molecule has 1 aliphatic heterocycles. The number of methoxy groups -OCH3 is 2. The van der Waals surface area contributed by atoms with Gasteiger partial charge < -0.3 is 25.1 Å². The first-order chi connectivity index (χ1) is 13.3. The normalized spacial score (nSPS) is 20.5. The third-order valence-electron chi connectivity index (χ3n) is 5.19. The van der Waals surface area contributed by atoms with Crippen LogP contribution in [0.15, 0.2) is 12.1 Å². The molecule has 2 atom stereocenters. The molecule has 3 N–H and O–H groups in total. The molecular weight excluding hydrogens is 358 g/mol. The van der Waals surface area contributed by atoms with E-state index in [2.05, 4.69) is 29.5 Å². The molecule has 3 rings (SSSR count). The fourth-order valence-corrected chi connectivity index (χ4v) is 3.80. The number of aromatic amines is 1. The maximum Gasteiger partial charge on any atom is 0.242 e. The lowest BCUT2D eigenvalue weighted by atomic mass is 9.94. The number of aryl methyl sites for hydroxylation is 1. The number of hydrogen-bond acceptors (Lipinski definition) is 4. The van der Waals surface area contributed by atoms with Gasteiger partial charge in [0, 0.05) is 29.1 Å². The lowest BCUT2D eigenvalue weighted by Gasteiger charge is -2.25.